The summed E-state index contributed by atoms with van der Waals surface area (Å²) in [5.74, 6) is 0. The molecule has 2 aromatic rings. The van der Waals surface area contributed by atoms with E-state index in [0.29, 0.717) is 0 Å². The maximum atomic E-state index is 6.22. The predicted molar refractivity (Wildman–Crippen MR) is 93.7 cm³/mol. The third-order valence-corrected chi connectivity index (χ3v) is 5.51. The molecule has 0 aliphatic heterocycles. The van der Waals surface area contributed by atoms with E-state index in [4.69, 9.17) is 11.6 Å². The van der Waals surface area contributed by atoms with E-state index in [9.17, 15) is 0 Å². The maximum absolute atomic E-state index is 6.22. The van der Waals surface area contributed by atoms with Crippen LogP contribution in [0.5, 0.6) is 0 Å². The van der Waals surface area contributed by atoms with Crippen LogP contribution < -0.4 is 5.32 Å². The highest BCUT2D eigenvalue weighted by atomic mass is 79.9. The Morgan fingerprint density at radius 2 is 1.70 bits per heavy atom. The average Bonchev–Trinajstić information content (AvgIpc) is 2.40. The van der Waals surface area contributed by atoms with Crippen LogP contribution in [0.15, 0.2) is 39.3 Å². The van der Waals surface area contributed by atoms with Crippen molar-refractivity contribution in [1.82, 2.24) is 5.32 Å². The van der Waals surface area contributed by atoms with Crippen molar-refractivity contribution in [3.05, 3.63) is 66.6 Å². The van der Waals surface area contributed by atoms with Crippen molar-refractivity contribution >= 4 is 43.5 Å². The second-order valence-electron chi connectivity index (χ2n) is 4.85. The number of hydrogen-bond donors (Lipinski definition) is 1. The second kappa shape index (κ2) is 6.61. The number of hydrogen-bond acceptors (Lipinski definition) is 1. The minimum Gasteiger partial charge on any atom is -0.309 e. The summed E-state index contributed by atoms with van der Waals surface area (Å²) in [6, 6.07) is 10.6. The largest absolute Gasteiger partial charge is 0.309 e. The van der Waals surface area contributed by atoms with Gasteiger partial charge in [-0.2, -0.15) is 0 Å². The lowest BCUT2D eigenvalue weighted by atomic mass is 9.94. The summed E-state index contributed by atoms with van der Waals surface area (Å²) < 4.78 is 2.06. The molecule has 0 saturated carbocycles. The molecule has 0 radical (unpaired) electrons. The topological polar surface area (TPSA) is 12.0 Å². The monoisotopic (exact) mass is 415 g/mol. The van der Waals surface area contributed by atoms with Gasteiger partial charge in [0.2, 0.25) is 0 Å². The molecule has 0 aliphatic carbocycles. The molecule has 20 heavy (non-hydrogen) atoms. The molecule has 1 unspecified atom stereocenters. The van der Waals surface area contributed by atoms with Crippen LogP contribution in [0, 0.1) is 13.8 Å². The lowest BCUT2D eigenvalue weighted by Crippen LogP contribution is -2.19. The normalized spacial score (nSPS) is 12.5. The smallest absolute Gasteiger partial charge is 0.0577 e. The van der Waals surface area contributed by atoms with Crippen LogP contribution in [-0.2, 0) is 0 Å². The molecule has 1 atom stereocenters. The van der Waals surface area contributed by atoms with Gasteiger partial charge >= 0.3 is 0 Å². The van der Waals surface area contributed by atoms with Crippen LogP contribution in [0.4, 0.5) is 0 Å². The molecule has 0 fully saturated rings. The summed E-state index contributed by atoms with van der Waals surface area (Å²) in [7, 11) is 1.97. The second-order valence-corrected chi connectivity index (χ2v) is 6.97. The highest BCUT2D eigenvalue weighted by molar-refractivity contribution is 9.10. The standard InChI is InChI=1S/C16H16Br2ClN/c1-9-7-14(18)10(2)6-12(9)16(20-3)11-4-5-13(17)15(19)8-11/h4-8,16,20H,1-3H3. The number of halogens is 3. The van der Waals surface area contributed by atoms with Crippen molar-refractivity contribution in [3.63, 3.8) is 0 Å². The van der Waals surface area contributed by atoms with Crippen molar-refractivity contribution in [3.8, 4) is 0 Å². The molecule has 0 aliphatic rings. The van der Waals surface area contributed by atoms with Gasteiger partial charge in [-0.15, -0.1) is 0 Å². The predicted octanol–water partition coefficient (Wildman–Crippen LogP) is 5.79. The van der Waals surface area contributed by atoms with Gasteiger partial charge in [-0.3, -0.25) is 0 Å². The minimum atomic E-state index is 0.132. The Balaban J connectivity index is 2.52. The van der Waals surface area contributed by atoms with E-state index < -0.39 is 0 Å². The first-order valence-electron chi connectivity index (χ1n) is 6.33. The highest BCUT2D eigenvalue weighted by Gasteiger charge is 2.16. The zero-order valence-electron chi connectivity index (χ0n) is 11.6. The van der Waals surface area contributed by atoms with Crippen molar-refractivity contribution in [1.29, 1.82) is 0 Å². The molecule has 0 amide bonds. The Morgan fingerprint density at radius 3 is 2.30 bits per heavy atom. The fraction of sp³-hybridized carbons (Fsp3) is 0.250. The van der Waals surface area contributed by atoms with Gasteiger partial charge in [0.05, 0.1) is 11.1 Å². The van der Waals surface area contributed by atoms with Gasteiger partial charge in [0.1, 0.15) is 0 Å². The van der Waals surface area contributed by atoms with Crippen LogP contribution in [-0.4, -0.2) is 7.05 Å². The molecular formula is C16H16Br2ClN. The van der Waals surface area contributed by atoms with Crippen molar-refractivity contribution in [2.45, 2.75) is 19.9 Å². The van der Waals surface area contributed by atoms with E-state index >= 15 is 0 Å². The lowest BCUT2D eigenvalue weighted by Gasteiger charge is -2.21. The third-order valence-electron chi connectivity index (χ3n) is 3.42. The first kappa shape index (κ1) is 16.0. The van der Waals surface area contributed by atoms with Crippen LogP contribution in [0.25, 0.3) is 0 Å². The fourth-order valence-electron chi connectivity index (χ4n) is 2.31. The minimum absolute atomic E-state index is 0.132. The van der Waals surface area contributed by atoms with E-state index in [1.165, 1.54) is 16.7 Å². The van der Waals surface area contributed by atoms with E-state index in [2.05, 4.69) is 69.2 Å². The molecule has 4 heteroatoms. The van der Waals surface area contributed by atoms with Gasteiger partial charge in [-0.05, 0) is 77.3 Å². The molecule has 0 heterocycles. The van der Waals surface area contributed by atoms with Gasteiger partial charge in [-0.1, -0.05) is 39.7 Å². The highest BCUT2D eigenvalue weighted by Crippen LogP contribution is 2.32. The van der Waals surface area contributed by atoms with Gasteiger partial charge in [-0.25, -0.2) is 0 Å². The summed E-state index contributed by atoms with van der Waals surface area (Å²) in [6.07, 6.45) is 0. The summed E-state index contributed by atoms with van der Waals surface area (Å²) >= 11 is 13.2. The van der Waals surface area contributed by atoms with E-state index in [0.717, 1.165) is 19.5 Å². The molecule has 0 bridgehead atoms. The SMILES string of the molecule is CNC(c1ccc(Br)c(Cl)c1)c1cc(C)c(Br)cc1C. The quantitative estimate of drug-likeness (QED) is 0.666. The van der Waals surface area contributed by atoms with Gasteiger partial charge in [0.15, 0.2) is 0 Å². The van der Waals surface area contributed by atoms with Crippen LogP contribution in [0.1, 0.15) is 28.3 Å². The Morgan fingerprint density at radius 1 is 1.00 bits per heavy atom. The van der Waals surface area contributed by atoms with Crippen molar-refractivity contribution in [2.75, 3.05) is 7.05 Å². The molecule has 0 saturated heterocycles. The summed E-state index contributed by atoms with van der Waals surface area (Å²) in [6.45, 7) is 4.23. The zero-order chi connectivity index (χ0) is 14.9. The third kappa shape index (κ3) is 3.28. The Bertz CT molecular complexity index is 641. The molecule has 0 aromatic heterocycles. The van der Waals surface area contributed by atoms with Crippen LogP contribution in [0.3, 0.4) is 0 Å². The Labute approximate surface area is 142 Å². The molecular weight excluding hydrogens is 401 g/mol. The molecule has 0 spiro atoms. The van der Waals surface area contributed by atoms with E-state index in [-0.39, 0.29) is 6.04 Å². The summed E-state index contributed by atoms with van der Waals surface area (Å²) in [5, 5.41) is 4.11. The fourth-order valence-corrected chi connectivity index (χ4v) is 3.20. The maximum Gasteiger partial charge on any atom is 0.0577 e. The average molecular weight is 418 g/mol. The first-order valence-corrected chi connectivity index (χ1v) is 8.29. The van der Waals surface area contributed by atoms with Gasteiger partial charge in [0, 0.05) is 8.95 Å². The first-order chi connectivity index (χ1) is 9.43. The summed E-state index contributed by atoms with van der Waals surface area (Å²) in [4.78, 5) is 0. The van der Waals surface area contributed by atoms with Crippen molar-refractivity contribution < 1.29 is 0 Å². The summed E-state index contributed by atoms with van der Waals surface area (Å²) in [5.41, 5.74) is 4.91. The Kier molecular flexibility index (Phi) is 5.30. The lowest BCUT2D eigenvalue weighted by molar-refractivity contribution is 0.686. The van der Waals surface area contributed by atoms with Gasteiger partial charge < -0.3 is 5.32 Å². The molecule has 1 nitrogen and oxygen atoms in total. The van der Waals surface area contributed by atoms with Crippen molar-refractivity contribution in [2.24, 2.45) is 0 Å². The number of rotatable bonds is 3. The zero-order valence-corrected chi connectivity index (χ0v) is 15.5. The van der Waals surface area contributed by atoms with E-state index in [1.54, 1.807) is 0 Å². The molecule has 1 N–H and O–H groups in total. The Hall–Kier alpha value is -0.350. The molecule has 2 rings (SSSR count). The number of aryl methyl sites for hydroxylation is 2. The van der Waals surface area contributed by atoms with E-state index in [1.807, 2.05) is 19.2 Å². The number of nitrogens with one attached hydrogen (secondary N) is 1. The van der Waals surface area contributed by atoms with Crippen LogP contribution >= 0.6 is 43.5 Å². The van der Waals surface area contributed by atoms with Crippen LogP contribution in [0.2, 0.25) is 5.02 Å². The molecule has 2 aromatic carbocycles. The molecule has 106 valence electrons. The van der Waals surface area contributed by atoms with Gasteiger partial charge in [0.25, 0.3) is 0 Å². The number of benzene rings is 2.